The van der Waals surface area contributed by atoms with Gasteiger partial charge < -0.3 is 5.32 Å². The van der Waals surface area contributed by atoms with Gasteiger partial charge in [0.1, 0.15) is 0 Å². The molecule has 1 nitrogen and oxygen atoms in total. The molecule has 0 radical (unpaired) electrons. The minimum atomic E-state index is 0.532. The molecule has 0 saturated heterocycles. The predicted molar refractivity (Wildman–Crippen MR) is 38.0 cm³/mol. The lowest BCUT2D eigenvalue weighted by Crippen LogP contribution is -2.22. The molecule has 8 heavy (non-hydrogen) atoms. The van der Waals surface area contributed by atoms with Crippen molar-refractivity contribution < 1.29 is 0 Å². The summed E-state index contributed by atoms with van der Waals surface area (Å²) in [6.07, 6.45) is 4.21. The van der Waals surface area contributed by atoms with Gasteiger partial charge in [-0.05, 0) is 20.4 Å². The first-order valence-corrected chi connectivity index (χ1v) is 3.17. The van der Waals surface area contributed by atoms with E-state index >= 15 is 0 Å². The van der Waals surface area contributed by atoms with Crippen LogP contribution < -0.4 is 5.32 Å². The van der Waals surface area contributed by atoms with Crippen molar-refractivity contribution in [1.29, 1.82) is 0 Å². The first-order valence-electron chi connectivity index (χ1n) is 3.17. The second-order valence-electron chi connectivity index (χ2n) is 1.87. The normalized spacial score (nSPS) is 14.9. The molecule has 0 fully saturated rings. The molecule has 0 amide bonds. The molecule has 0 saturated carbocycles. The minimum absolute atomic E-state index is 0.532. The molecule has 1 N–H and O–H groups in total. The lowest BCUT2D eigenvalue weighted by Gasteiger charge is -2.03. The van der Waals surface area contributed by atoms with Gasteiger partial charge in [0, 0.05) is 6.04 Å². The van der Waals surface area contributed by atoms with Crippen molar-refractivity contribution in [2.75, 3.05) is 6.54 Å². The van der Waals surface area contributed by atoms with Crippen molar-refractivity contribution >= 4 is 0 Å². The van der Waals surface area contributed by atoms with Crippen LogP contribution in [0.1, 0.15) is 20.8 Å². The number of hydrogen-bond acceptors (Lipinski definition) is 1. The smallest absolute Gasteiger partial charge is 0.0221 e. The van der Waals surface area contributed by atoms with Gasteiger partial charge in [0.25, 0.3) is 0 Å². The third-order valence-corrected chi connectivity index (χ3v) is 1.01. The summed E-state index contributed by atoms with van der Waals surface area (Å²) >= 11 is 0. The molecule has 1 heteroatoms. The average molecular weight is 113 g/mol. The Hall–Kier alpha value is -0.300. The summed E-state index contributed by atoms with van der Waals surface area (Å²) < 4.78 is 0. The number of hydrogen-bond donors (Lipinski definition) is 1. The molecule has 0 aromatic heterocycles. The highest BCUT2D eigenvalue weighted by atomic mass is 14.9. The fourth-order valence-corrected chi connectivity index (χ4v) is 0.679. The van der Waals surface area contributed by atoms with E-state index in [1.54, 1.807) is 0 Å². The molecular formula is C7H15N. The molecule has 0 bridgehead atoms. The van der Waals surface area contributed by atoms with Crippen LogP contribution in [0, 0.1) is 0 Å². The van der Waals surface area contributed by atoms with Crippen molar-refractivity contribution in [2.45, 2.75) is 26.8 Å². The fourth-order valence-electron chi connectivity index (χ4n) is 0.679. The van der Waals surface area contributed by atoms with E-state index in [0.29, 0.717) is 6.04 Å². The van der Waals surface area contributed by atoms with Crippen LogP contribution in [-0.4, -0.2) is 12.6 Å². The van der Waals surface area contributed by atoms with Crippen molar-refractivity contribution in [3.05, 3.63) is 12.2 Å². The van der Waals surface area contributed by atoms with Crippen LogP contribution in [0.4, 0.5) is 0 Å². The standard InChI is InChI=1S/C7H15N/c1-4-6-7(3)8-5-2/h4,6-8H,5H2,1-3H3/b6-4+. The van der Waals surface area contributed by atoms with Crippen LogP contribution in [0.3, 0.4) is 0 Å². The second kappa shape index (κ2) is 4.85. The lowest BCUT2D eigenvalue weighted by atomic mass is 10.3. The van der Waals surface area contributed by atoms with E-state index in [4.69, 9.17) is 0 Å². The number of allylic oxidation sites excluding steroid dienone is 1. The summed E-state index contributed by atoms with van der Waals surface area (Å²) in [6, 6.07) is 0.532. The lowest BCUT2D eigenvalue weighted by molar-refractivity contribution is 0.660. The Labute approximate surface area is 51.8 Å². The largest absolute Gasteiger partial charge is 0.311 e. The van der Waals surface area contributed by atoms with Crippen LogP contribution in [0.15, 0.2) is 12.2 Å². The van der Waals surface area contributed by atoms with E-state index in [1.807, 2.05) is 6.92 Å². The maximum Gasteiger partial charge on any atom is 0.0221 e. The van der Waals surface area contributed by atoms with Gasteiger partial charge >= 0.3 is 0 Å². The maximum atomic E-state index is 3.26. The van der Waals surface area contributed by atoms with Crippen molar-refractivity contribution in [2.24, 2.45) is 0 Å². The van der Waals surface area contributed by atoms with E-state index in [-0.39, 0.29) is 0 Å². The summed E-state index contributed by atoms with van der Waals surface area (Å²) in [5.74, 6) is 0. The number of nitrogens with one attached hydrogen (secondary N) is 1. The second-order valence-corrected chi connectivity index (χ2v) is 1.87. The molecule has 0 aromatic carbocycles. The molecule has 0 aliphatic heterocycles. The van der Waals surface area contributed by atoms with Gasteiger partial charge in [-0.15, -0.1) is 0 Å². The van der Waals surface area contributed by atoms with Gasteiger partial charge in [0.2, 0.25) is 0 Å². The Morgan fingerprint density at radius 3 is 2.62 bits per heavy atom. The Bertz CT molecular complexity index is 66.8. The zero-order chi connectivity index (χ0) is 6.41. The third kappa shape index (κ3) is 3.88. The molecule has 0 rings (SSSR count). The van der Waals surface area contributed by atoms with Crippen molar-refractivity contribution in [3.63, 3.8) is 0 Å². The van der Waals surface area contributed by atoms with Gasteiger partial charge in [-0.25, -0.2) is 0 Å². The Balaban J connectivity index is 3.17. The van der Waals surface area contributed by atoms with E-state index < -0.39 is 0 Å². The van der Waals surface area contributed by atoms with Gasteiger partial charge in [-0.1, -0.05) is 19.1 Å². The van der Waals surface area contributed by atoms with Crippen molar-refractivity contribution in [1.82, 2.24) is 5.32 Å². The summed E-state index contributed by atoms with van der Waals surface area (Å²) in [6.45, 7) is 7.34. The minimum Gasteiger partial charge on any atom is -0.311 e. The van der Waals surface area contributed by atoms with Gasteiger partial charge in [-0.3, -0.25) is 0 Å². The topological polar surface area (TPSA) is 12.0 Å². The molecule has 1 atom stereocenters. The maximum absolute atomic E-state index is 3.26. The van der Waals surface area contributed by atoms with Crippen LogP contribution in [0.2, 0.25) is 0 Å². The molecule has 48 valence electrons. The van der Waals surface area contributed by atoms with E-state index in [1.165, 1.54) is 0 Å². The highest BCUT2D eigenvalue weighted by molar-refractivity contribution is 4.87. The Kier molecular flexibility index (Phi) is 4.67. The first-order chi connectivity index (χ1) is 3.81. The van der Waals surface area contributed by atoms with Gasteiger partial charge in [0.05, 0.1) is 0 Å². The Morgan fingerprint density at radius 1 is 1.62 bits per heavy atom. The van der Waals surface area contributed by atoms with Crippen LogP contribution in [0.5, 0.6) is 0 Å². The molecule has 1 unspecified atom stereocenters. The molecule has 0 aliphatic rings. The summed E-state index contributed by atoms with van der Waals surface area (Å²) in [5.41, 5.74) is 0. The van der Waals surface area contributed by atoms with Crippen LogP contribution in [-0.2, 0) is 0 Å². The third-order valence-electron chi connectivity index (χ3n) is 1.01. The molecule has 0 heterocycles. The van der Waals surface area contributed by atoms with Crippen LogP contribution in [0.25, 0.3) is 0 Å². The van der Waals surface area contributed by atoms with E-state index in [0.717, 1.165) is 6.54 Å². The molecule has 0 aliphatic carbocycles. The fraction of sp³-hybridized carbons (Fsp3) is 0.714. The SMILES string of the molecule is C/C=C/C(C)NCC. The van der Waals surface area contributed by atoms with Crippen molar-refractivity contribution in [3.8, 4) is 0 Å². The quantitative estimate of drug-likeness (QED) is 0.548. The number of rotatable bonds is 3. The molecule has 0 aromatic rings. The zero-order valence-electron chi connectivity index (χ0n) is 5.94. The number of likely N-dealkylation sites (N-methyl/N-ethyl adjacent to an activating group) is 1. The zero-order valence-corrected chi connectivity index (χ0v) is 5.94. The van der Waals surface area contributed by atoms with E-state index in [2.05, 4.69) is 31.3 Å². The predicted octanol–water partition coefficient (Wildman–Crippen LogP) is 1.56. The first kappa shape index (κ1) is 7.70. The molecular weight excluding hydrogens is 98.1 g/mol. The highest BCUT2D eigenvalue weighted by Crippen LogP contribution is 1.81. The van der Waals surface area contributed by atoms with Gasteiger partial charge in [-0.2, -0.15) is 0 Å². The van der Waals surface area contributed by atoms with E-state index in [9.17, 15) is 0 Å². The van der Waals surface area contributed by atoms with Crippen LogP contribution >= 0.6 is 0 Å². The summed E-state index contributed by atoms with van der Waals surface area (Å²) in [4.78, 5) is 0. The molecule has 0 spiro atoms. The highest BCUT2D eigenvalue weighted by Gasteiger charge is 1.87. The average Bonchev–Trinajstić information content (AvgIpc) is 1.68. The van der Waals surface area contributed by atoms with Gasteiger partial charge in [0.15, 0.2) is 0 Å². The summed E-state index contributed by atoms with van der Waals surface area (Å²) in [7, 11) is 0. The monoisotopic (exact) mass is 113 g/mol. The Morgan fingerprint density at radius 2 is 2.25 bits per heavy atom. The summed E-state index contributed by atoms with van der Waals surface area (Å²) in [5, 5.41) is 3.26.